The summed E-state index contributed by atoms with van der Waals surface area (Å²) in [4.78, 5) is 12.9. The average Bonchev–Trinajstić information content (AvgIpc) is 3.08. The predicted octanol–water partition coefficient (Wildman–Crippen LogP) is 5.90. The van der Waals surface area contributed by atoms with Crippen LogP contribution in [-0.2, 0) is 6.61 Å². The predicted molar refractivity (Wildman–Crippen MR) is 120 cm³/mol. The molecule has 5 rings (SSSR count). The van der Waals surface area contributed by atoms with Gasteiger partial charge in [-0.25, -0.2) is 0 Å². The molecule has 0 aromatic heterocycles. The molecule has 0 saturated heterocycles. The lowest BCUT2D eigenvalue weighted by Gasteiger charge is -2.22. The van der Waals surface area contributed by atoms with E-state index in [9.17, 15) is 4.79 Å². The molecule has 1 atom stereocenters. The smallest absolute Gasteiger partial charge is 0.231 e. The van der Waals surface area contributed by atoms with Crippen LogP contribution in [0, 0.1) is 6.92 Å². The first kappa shape index (κ1) is 19.2. The summed E-state index contributed by atoms with van der Waals surface area (Å²) in [5.74, 6) is 2.19. The largest absolute Gasteiger partial charge is 0.489 e. The van der Waals surface area contributed by atoms with E-state index in [4.69, 9.17) is 14.2 Å². The van der Waals surface area contributed by atoms with Crippen LogP contribution in [0.15, 0.2) is 84.1 Å². The summed E-state index contributed by atoms with van der Waals surface area (Å²) in [7, 11) is 0. The van der Waals surface area contributed by atoms with Crippen molar-refractivity contribution in [3.63, 3.8) is 0 Å². The third-order valence-electron chi connectivity index (χ3n) is 5.61. The van der Waals surface area contributed by atoms with Crippen LogP contribution >= 0.6 is 0 Å². The standard InChI is InChI=1S/C27H22O4/c1-17-7-3-4-9-20(17)16-29-22-11-12-23-25(15-22)31-26(27(23)28)14-21-13-19-8-5-6-10-24(19)30-18(21)2/h3-15,18H,16H2,1-2H3/t18-/m0/s1. The third-order valence-corrected chi connectivity index (χ3v) is 5.61. The minimum atomic E-state index is -0.171. The Kier molecular flexibility index (Phi) is 4.83. The molecule has 4 heteroatoms. The first-order chi connectivity index (χ1) is 15.1. The van der Waals surface area contributed by atoms with Gasteiger partial charge in [-0.3, -0.25) is 4.79 Å². The highest BCUT2D eigenvalue weighted by Gasteiger charge is 2.29. The van der Waals surface area contributed by atoms with Gasteiger partial charge < -0.3 is 14.2 Å². The number of Topliss-reactive ketones (excluding diaryl/α,β-unsaturated/α-hetero) is 1. The van der Waals surface area contributed by atoms with Crippen molar-refractivity contribution in [1.82, 2.24) is 0 Å². The highest BCUT2D eigenvalue weighted by Crippen LogP contribution is 2.36. The first-order valence-electron chi connectivity index (χ1n) is 10.3. The van der Waals surface area contributed by atoms with E-state index in [1.54, 1.807) is 18.2 Å². The molecule has 2 aliphatic rings. The molecule has 3 aromatic carbocycles. The summed E-state index contributed by atoms with van der Waals surface area (Å²) in [5.41, 5.74) is 4.73. The van der Waals surface area contributed by atoms with Crippen LogP contribution < -0.4 is 14.2 Å². The van der Waals surface area contributed by atoms with Gasteiger partial charge in [-0.05, 0) is 60.9 Å². The van der Waals surface area contributed by atoms with Gasteiger partial charge in [0, 0.05) is 11.6 Å². The molecular weight excluding hydrogens is 388 g/mol. The van der Waals surface area contributed by atoms with Crippen molar-refractivity contribution in [2.45, 2.75) is 26.6 Å². The summed E-state index contributed by atoms with van der Waals surface area (Å²) in [5, 5.41) is 0. The quantitative estimate of drug-likeness (QED) is 0.503. The maximum absolute atomic E-state index is 12.9. The molecule has 2 aliphatic heterocycles. The van der Waals surface area contributed by atoms with Crippen LogP contribution in [0.4, 0.5) is 0 Å². The molecule has 0 saturated carbocycles. The summed E-state index contributed by atoms with van der Waals surface area (Å²) >= 11 is 0. The van der Waals surface area contributed by atoms with E-state index in [0.29, 0.717) is 29.4 Å². The second-order valence-corrected chi connectivity index (χ2v) is 7.76. The Morgan fingerprint density at radius 2 is 1.81 bits per heavy atom. The molecule has 0 fully saturated rings. The number of aryl methyl sites for hydroxylation is 1. The Hall–Kier alpha value is -3.79. The summed E-state index contributed by atoms with van der Waals surface area (Å²) in [6, 6.07) is 21.3. The maximum atomic E-state index is 12.9. The second kappa shape index (κ2) is 7.80. The molecule has 31 heavy (non-hydrogen) atoms. The SMILES string of the molecule is Cc1ccccc1COc1ccc2c(c1)OC(=CC1=Cc3ccccc3O[C@H]1C)C2=O. The molecule has 0 amide bonds. The lowest BCUT2D eigenvalue weighted by molar-refractivity contribution is 0.101. The number of benzene rings is 3. The van der Waals surface area contributed by atoms with Gasteiger partial charge in [0.25, 0.3) is 0 Å². The number of para-hydroxylation sites is 1. The van der Waals surface area contributed by atoms with Gasteiger partial charge in [0.05, 0.1) is 5.56 Å². The Morgan fingerprint density at radius 3 is 2.68 bits per heavy atom. The number of carbonyl (C=O) groups is 1. The first-order valence-corrected chi connectivity index (χ1v) is 10.3. The summed E-state index contributed by atoms with van der Waals surface area (Å²) in [6.07, 6.45) is 3.64. The number of rotatable bonds is 4. The number of ketones is 1. The lowest BCUT2D eigenvalue weighted by atomic mass is 10.0. The zero-order valence-corrected chi connectivity index (χ0v) is 17.4. The maximum Gasteiger partial charge on any atom is 0.231 e. The fraction of sp³-hybridized carbons (Fsp3) is 0.148. The Labute approximate surface area is 181 Å². The monoisotopic (exact) mass is 410 g/mol. The highest BCUT2D eigenvalue weighted by atomic mass is 16.5. The van der Waals surface area contributed by atoms with Crippen LogP contribution in [0.1, 0.15) is 34.0 Å². The molecule has 154 valence electrons. The van der Waals surface area contributed by atoms with E-state index in [1.165, 1.54) is 5.56 Å². The summed E-state index contributed by atoms with van der Waals surface area (Å²) < 4.78 is 17.8. The van der Waals surface area contributed by atoms with Crippen molar-refractivity contribution in [3.05, 3.63) is 106 Å². The Bertz CT molecular complexity index is 1240. The molecule has 0 N–H and O–H groups in total. The van der Waals surface area contributed by atoms with E-state index in [1.807, 2.05) is 61.5 Å². The average molecular weight is 410 g/mol. The van der Waals surface area contributed by atoms with Gasteiger partial charge in [-0.2, -0.15) is 0 Å². The summed E-state index contributed by atoms with van der Waals surface area (Å²) in [6.45, 7) is 4.48. The fourth-order valence-electron chi connectivity index (χ4n) is 3.76. The molecule has 0 unspecified atom stereocenters. The van der Waals surface area contributed by atoms with E-state index in [2.05, 4.69) is 13.0 Å². The van der Waals surface area contributed by atoms with Crippen molar-refractivity contribution < 1.29 is 19.0 Å². The molecule has 2 heterocycles. The van der Waals surface area contributed by atoms with Crippen LogP contribution in [0.5, 0.6) is 17.2 Å². The zero-order valence-electron chi connectivity index (χ0n) is 17.4. The normalized spacial score (nSPS) is 18.0. The Morgan fingerprint density at radius 1 is 1.00 bits per heavy atom. The van der Waals surface area contributed by atoms with Crippen molar-refractivity contribution >= 4 is 11.9 Å². The molecule has 0 aliphatic carbocycles. The minimum Gasteiger partial charge on any atom is -0.489 e. The van der Waals surface area contributed by atoms with E-state index >= 15 is 0 Å². The zero-order chi connectivity index (χ0) is 21.4. The minimum absolute atomic E-state index is 0.132. The third kappa shape index (κ3) is 3.73. The number of carbonyl (C=O) groups excluding carboxylic acids is 1. The van der Waals surface area contributed by atoms with Gasteiger partial charge in [-0.15, -0.1) is 0 Å². The number of hydrogen-bond acceptors (Lipinski definition) is 4. The number of allylic oxidation sites excluding steroid dienone is 1. The van der Waals surface area contributed by atoms with Crippen LogP contribution in [0.25, 0.3) is 6.08 Å². The van der Waals surface area contributed by atoms with E-state index < -0.39 is 0 Å². The van der Waals surface area contributed by atoms with Gasteiger partial charge in [0.1, 0.15) is 30.0 Å². The lowest BCUT2D eigenvalue weighted by Crippen LogP contribution is -2.18. The molecule has 0 radical (unpaired) electrons. The van der Waals surface area contributed by atoms with Gasteiger partial charge in [0.15, 0.2) is 5.76 Å². The van der Waals surface area contributed by atoms with Gasteiger partial charge >= 0.3 is 0 Å². The highest BCUT2D eigenvalue weighted by molar-refractivity contribution is 6.12. The molecule has 3 aromatic rings. The van der Waals surface area contributed by atoms with Gasteiger partial charge in [-0.1, -0.05) is 42.5 Å². The number of ether oxygens (including phenoxy) is 3. The van der Waals surface area contributed by atoms with Crippen molar-refractivity contribution in [2.24, 2.45) is 0 Å². The van der Waals surface area contributed by atoms with Crippen LogP contribution in [0.2, 0.25) is 0 Å². The number of hydrogen-bond donors (Lipinski definition) is 0. The van der Waals surface area contributed by atoms with E-state index in [0.717, 1.165) is 22.4 Å². The second-order valence-electron chi connectivity index (χ2n) is 7.76. The van der Waals surface area contributed by atoms with Crippen molar-refractivity contribution in [2.75, 3.05) is 0 Å². The molecular formula is C27H22O4. The molecule has 4 nitrogen and oxygen atoms in total. The van der Waals surface area contributed by atoms with Crippen LogP contribution in [-0.4, -0.2) is 11.9 Å². The van der Waals surface area contributed by atoms with Gasteiger partial charge in [0.2, 0.25) is 5.78 Å². The van der Waals surface area contributed by atoms with E-state index in [-0.39, 0.29) is 11.9 Å². The van der Waals surface area contributed by atoms with Crippen molar-refractivity contribution in [3.8, 4) is 17.2 Å². The fourth-order valence-corrected chi connectivity index (χ4v) is 3.76. The Balaban J connectivity index is 1.36. The molecule has 0 bridgehead atoms. The van der Waals surface area contributed by atoms with Crippen molar-refractivity contribution in [1.29, 1.82) is 0 Å². The van der Waals surface area contributed by atoms with Crippen LogP contribution in [0.3, 0.4) is 0 Å². The number of fused-ring (bicyclic) bond motifs is 2. The topological polar surface area (TPSA) is 44.8 Å². The molecule has 0 spiro atoms.